The van der Waals surface area contributed by atoms with Crippen molar-refractivity contribution in [2.75, 3.05) is 7.11 Å². The van der Waals surface area contributed by atoms with Crippen LogP contribution in [0.1, 0.15) is 62.7 Å². The Labute approximate surface area is 138 Å². The molecule has 1 aliphatic heterocycles. The Bertz CT molecular complexity index is 504. The smallest absolute Gasteiger partial charge is 0.252 e. The van der Waals surface area contributed by atoms with Crippen molar-refractivity contribution in [3.8, 4) is 5.75 Å². The van der Waals surface area contributed by atoms with Crippen molar-refractivity contribution in [2.24, 2.45) is 0 Å². The SMILES string of the molecule is CCCCC1NC(=O)c2cc(OC)ccc2SC1CCCC. The van der Waals surface area contributed by atoms with Gasteiger partial charge in [-0.05, 0) is 31.0 Å². The van der Waals surface area contributed by atoms with Gasteiger partial charge in [-0.2, -0.15) is 0 Å². The second kappa shape index (κ2) is 8.47. The lowest BCUT2D eigenvalue weighted by Crippen LogP contribution is -2.40. The summed E-state index contributed by atoms with van der Waals surface area (Å²) in [6.45, 7) is 4.42. The Balaban J connectivity index is 2.25. The molecule has 122 valence electrons. The van der Waals surface area contributed by atoms with E-state index < -0.39 is 0 Å². The highest BCUT2D eigenvalue weighted by molar-refractivity contribution is 8.00. The van der Waals surface area contributed by atoms with E-state index in [1.54, 1.807) is 7.11 Å². The summed E-state index contributed by atoms with van der Waals surface area (Å²) in [5, 5.41) is 3.73. The molecule has 2 atom stereocenters. The van der Waals surface area contributed by atoms with Crippen molar-refractivity contribution < 1.29 is 9.53 Å². The van der Waals surface area contributed by atoms with Crippen LogP contribution < -0.4 is 10.1 Å². The molecule has 4 heteroatoms. The second-order valence-electron chi connectivity index (χ2n) is 5.88. The number of fused-ring (bicyclic) bond motifs is 1. The first kappa shape index (κ1) is 17.2. The molecule has 3 nitrogen and oxygen atoms in total. The van der Waals surface area contributed by atoms with Gasteiger partial charge in [-0.15, -0.1) is 11.8 Å². The highest BCUT2D eigenvalue weighted by Crippen LogP contribution is 2.37. The van der Waals surface area contributed by atoms with Gasteiger partial charge in [0.05, 0.1) is 12.7 Å². The topological polar surface area (TPSA) is 38.3 Å². The van der Waals surface area contributed by atoms with Gasteiger partial charge < -0.3 is 10.1 Å². The maximum Gasteiger partial charge on any atom is 0.252 e. The van der Waals surface area contributed by atoms with Gasteiger partial charge in [-0.25, -0.2) is 0 Å². The summed E-state index contributed by atoms with van der Waals surface area (Å²) in [4.78, 5) is 13.7. The minimum absolute atomic E-state index is 0.0431. The minimum Gasteiger partial charge on any atom is -0.497 e. The third kappa shape index (κ3) is 4.19. The predicted octanol–water partition coefficient (Wildman–Crippen LogP) is 4.65. The van der Waals surface area contributed by atoms with Gasteiger partial charge >= 0.3 is 0 Å². The molecule has 1 heterocycles. The van der Waals surface area contributed by atoms with E-state index in [2.05, 4.69) is 19.2 Å². The zero-order valence-corrected chi connectivity index (χ0v) is 14.7. The van der Waals surface area contributed by atoms with Crippen LogP contribution in [0, 0.1) is 0 Å². The minimum atomic E-state index is 0.0431. The Morgan fingerprint density at radius 1 is 1.18 bits per heavy atom. The summed E-state index contributed by atoms with van der Waals surface area (Å²) in [5.74, 6) is 0.785. The third-order valence-corrected chi connectivity index (χ3v) is 5.66. The molecule has 1 aromatic carbocycles. The van der Waals surface area contributed by atoms with Crippen LogP contribution in [-0.4, -0.2) is 24.3 Å². The van der Waals surface area contributed by atoms with Gasteiger partial charge in [0.2, 0.25) is 0 Å². The highest BCUT2D eigenvalue weighted by atomic mass is 32.2. The molecule has 0 bridgehead atoms. The van der Waals surface area contributed by atoms with Crippen LogP contribution in [0.2, 0.25) is 0 Å². The average Bonchev–Trinajstić information content (AvgIpc) is 2.67. The molecule has 1 aromatic rings. The van der Waals surface area contributed by atoms with Crippen molar-refractivity contribution >= 4 is 17.7 Å². The summed E-state index contributed by atoms with van der Waals surface area (Å²) in [5.41, 5.74) is 0.754. The number of methoxy groups -OCH3 is 1. The fourth-order valence-electron chi connectivity index (χ4n) is 2.85. The number of ether oxygens (including phenoxy) is 1. The molecule has 1 aliphatic rings. The molecular weight excluding hydrogens is 294 g/mol. The number of nitrogens with one attached hydrogen (secondary N) is 1. The van der Waals surface area contributed by atoms with Crippen LogP contribution in [0.3, 0.4) is 0 Å². The molecular formula is C18H27NO2S. The van der Waals surface area contributed by atoms with Crippen molar-refractivity contribution in [2.45, 2.75) is 68.6 Å². The fourth-order valence-corrected chi connectivity index (χ4v) is 4.25. The number of amides is 1. The number of carbonyl (C=O) groups is 1. The molecule has 0 fully saturated rings. The molecule has 0 saturated carbocycles. The van der Waals surface area contributed by atoms with Gasteiger partial charge in [-0.3, -0.25) is 4.79 Å². The number of benzene rings is 1. The molecule has 1 N–H and O–H groups in total. The molecule has 0 saturated heterocycles. The zero-order valence-electron chi connectivity index (χ0n) is 13.9. The number of carbonyl (C=O) groups excluding carboxylic acids is 1. The first-order chi connectivity index (χ1) is 10.7. The summed E-state index contributed by atoms with van der Waals surface area (Å²) >= 11 is 1.86. The van der Waals surface area contributed by atoms with Crippen LogP contribution in [-0.2, 0) is 0 Å². The van der Waals surface area contributed by atoms with E-state index >= 15 is 0 Å². The largest absolute Gasteiger partial charge is 0.497 e. The Hall–Kier alpha value is -1.16. The average molecular weight is 321 g/mol. The lowest BCUT2D eigenvalue weighted by Gasteiger charge is -2.25. The summed E-state index contributed by atoms with van der Waals surface area (Å²) in [6, 6.07) is 6.10. The van der Waals surface area contributed by atoms with Crippen LogP contribution in [0.5, 0.6) is 5.75 Å². The van der Waals surface area contributed by atoms with Crippen molar-refractivity contribution in [1.29, 1.82) is 0 Å². The molecule has 0 aromatic heterocycles. The van der Waals surface area contributed by atoms with Gasteiger partial charge in [0.25, 0.3) is 5.91 Å². The van der Waals surface area contributed by atoms with E-state index in [-0.39, 0.29) is 11.9 Å². The molecule has 2 rings (SSSR count). The Morgan fingerprint density at radius 3 is 2.59 bits per heavy atom. The Morgan fingerprint density at radius 2 is 1.91 bits per heavy atom. The van der Waals surface area contributed by atoms with E-state index in [0.29, 0.717) is 5.25 Å². The predicted molar refractivity (Wildman–Crippen MR) is 92.9 cm³/mol. The Kier molecular flexibility index (Phi) is 6.62. The van der Waals surface area contributed by atoms with Gasteiger partial charge in [0.15, 0.2) is 0 Å². The van der Waals surface area contributed by atoms with E-state index in [1.165, 1.54) is 12.8 Å². The number of hydrogen-bond donors (Lipinski definition) is 1. The molecule has 22 heavy (non-hydrogen) atoms. The lowest BCUT2D eigenvalue weighted by atomic mass is 10.0. The van der Waals surface area contributed by atoms with E-state index in [1.807, 2.05) is 30.0 Å². The molecule has 1 amide bonds. The molecule has 2 unspecified atom stereocenters. The summed E-state index contributed by atoms with van der Waals surface area (Å²) < 4.78 is 5.26. The normalized spacial score (nSPS) is 21.0. The number of unbranched alkanes of at least 4 members (excludes halogenated alkanes) is 2. The van der Waals surface area contributed by atoms with Gasteiger partial charge in [-0.1, -0.05) is 39.5 Å². The van der Waals surface area contributed by atoms with Crippen LogP contribution in [0.15, 0.2) is 23.1 Å². The number of thioether (sulfide) groups is 1. The van der Waals surface area contributed by atoms with Crippen molar-refractivity contribution in [1.82, 2.24) is 5.32 Å². The third-order valence-electron chi connectivity index (χ3n) is 4.19. The number of rotatable bonds is 7. The van der Waals surface area contributed by atoms with Crippen LogP contribution in [0.25, 0.3) is 0 Å². The molecule has 0 spiro atoms. The van der Waals surface area contributed by atoms with Gasteiger partial charge in [0, 0.05) is 16.2 Å². The van der Waals surface area contributed by atoms with E-state index in [0.717, 1.165) is 41.9 Å². The van der Waals surface area contributed by atoms with Crippen LogP contribution >= 0.6 is 11.8 Å². The van der Waals surface area contributed by atoms with E-state index in [9.17, 15) is 4.79 Å². The monoisotopic (exact) mass is 321 g/mol. The first-order valence-corrected chi connectivity index (χ1v) is 9.23. The van der Waals surface area contributed by atoms with E-state index in [4.69, 9.17) is 4.74 Å². The highest BCUT2D eigenvalue weighted by Gasteiger charge is 2.29. The first-order valence-electron chi connectivity index (χ1n) is 8.35. The second-order valence-corrected chi connectivity index (χ2v) is 7.16. The lowest BCUT2D eigenvalue weighted by molar-refractivity contribution is 0.0932. The molecule has 0 radical (unpaired) electrons. The zero-order chi connectivity index (χ0) is 15.9. The standard InChI is InChI=1S/C18H27NO2S/c1-4-6-8-15-17(9-7-5-2)22-16-11-10-13(21-3)12-14(16)18(20)19-15/h10-12,15,17H,4-9H2,1-3H3,(H,19,20). The molecule has 0 aliphatic carbocycles. The maximum absolute atomic E-state index is 12.6. The van der Waals surface area contributed by atoms with Gasteiger partial charge in [0.1, 0.15) is 5.75 Å². The number of hydrogen-bond acceptors (Lipinski definition) is 3. The van der Waals surface area contributed by atoms with Crippen LogP contribution in [0.4, 0.5) is 0 Å². The van der Waals surface area contributed by atoms with Crippen molar-refractivity contribution in [3.05, 3.63) is 23.8 Å². The fraction of sp³-hybridized carbons (Fsp3) is 0.611. The summed E-state index contributed by atoms with van der Waals surface area (Å²) in [7, 11) is 1.64. The quantitative estimate of drug-likeness (QED) is 0.794. The van der Waals surface area contributed by atoms with Crippen molar-refractivity contribution in [3.63, 3.8) is 0 Å². The maximum atomic E-state index is 12.6. The summed E-state index contributed by atoms with van der Waals surface area (Å²) in [6.07, 6.45) is 6.95.